The Kier molecular flexibility index (Phi) is 7.51. The number of nitro benzene ring substituents is 1. The Morgan fingerprint density at radius 2 is 1.84 bits per heavy atom. The number of nitrogens with zero attached hydrogens (tertiary/aromatic N) is 1. The quantitative estimate of drug-likeness (QED) is 0.297. The number of aliphatic hydroxyl groups excluding tert-OH is 4. The lowest BCUT2D eigenvalue weighted by Crippen LogP contribution is -2.60. The van der Waals surface area contributed by atoms with Gasteiger partial charge >= 0.3 is 0 Å². The molecule has 1 aliphatic heterocycles. The van der Waals surface area contributed by atoms with Gasteiger partial charge < -0.3 is 35.2 Å². The maximum absolute atomic E-state index is 12.8. The van der Waals surface area contributed by atoms with Crippen LogP contribution in [0.1, 0.15) is 10.4 Å². The molecular weight excluding hydrogens is 471 g/mol. The van der Waals surface area contributed by atoms with Gasteiger partial charge in [-0.1, -0.05) is 23.2 Å². The molecule has 5 N–H and O–H groups in total. The number of halogens is 2. The molecule has 0 bridgehead atoms. The molecule has 5 atom stereocenters. The van der Waals surface area contributed by atoms with Crippen LogP contribution in [0, 0.1) is 10.1 Å². The number of hydrogen-bond donors (Lipinski definition) is 5. The number of benzene rings is 2. The van der Waals surface area contributed by atoms with E-state index in [1.54, 1.807) is 0 Å². The summed E-state index contributed by atoms with van der Waals surface area (Å²) in [6.07, 6.45) is -7.67. The van der Waals surface area contributed by atoms with Crippen LogP contribution in [0.15, 0.2) is 36.4 Å². The molecule has 0 aliphatic carbocycles. The van der Waals surface area contributed by atoms with Crippen molar-refractivity contribution >= 4 is 40.5 Å². The summed E-state index contributed by atoms with van der Waals surface area (Å²) in [6, 6.07) is 7.45. The van der Waals surface area contributed by atoms with Crippen molar-refractivity contribution in [2.45, 2.75) is 30.7 Å². The largest absolute Gasteiger partial charge is 0.461 e. The minimum Gasteiger partial charge on any atom is -0.461 e. The fraction of sp³-hybridized carbons (Fsp3) is 0.316. The van der Waals surface area contributed by atoms with Crippen LogP contribution in [0.25, 0.3) is 0 Å². The molecule has 11 nitrogen and oxygen atoms in total. The maximum Gasteiger partial charge on any atom is 0.271 e. The second-order valence-corrected chi connectivity index (χ2v) is 7.67. The minimum absolute atomic E-state index is 0.0778. The number of nitrogens with one attached hydrogen (secondary N) is 1. The predicted octanol–water partition coefficient (Wildman–Crippen LogP) is 1.33. The van der Waals surface area contributed by atoms with E-state index in [0.717, 1.165) is 12.1 Å². The molecular formula is C19H18Cl2N2O9. The van der Waals surface area contributed by atoms with E-state index < -0.39 is 48.1 Å². The van der Waals surface area contributed by atoms with Gasteiger partial charge in [0.05, 0.1) is 27.8 Å². The molecule has 2 aromatic carbocycles. The molecule has 0 spiro atoms. The highest BCUT2D eigenvalue weighted by Gasteiger charge is 2.45. The third kappa shape index (κ3) is 5.10. The maximum atomic E-state index is 12.8. The number of amides is 1. The summed E-state index contributed by atoms with van der Waals surface area (Å²) in [7, 11) is 0. The highest BCUT2D eigenvalue weighted by molar-refractivity contribution is 6.34. The molecule has 3 rings (SSSR count). The number of nitro groups is 1. The zero-order valence-electron chi connectivity index (χ0n) is 16.1. The van der Waals surface area contributed by atoms with Crippen LogP contribution < -0.4 is 10.1 Å². The lowest BCUT2D eigenvalue weighted by atomic mass is 9.99. The zero-order valence-corrected chi connectivity index (χ0v) is 17.6. The van der Waals surface area contributed by atoms with Gasteiger partial charge in [0.1, 0.15) is 30.2 Å². The van der Waals surface area contributed by atoms with Gasteiger partial charge in [-0.2, -0.15) is 0 Å². The van der Waals surface area contributed by atoms with Crippen LogP contribution >= 0.6 is 23.2 Å². The third-order valence-electron chi connectivity index (χ3n) is 4.69. The van der Waals surface area contributed by atoms with Gasteiger partial charge in [0.25, 0.3) is 11.6 Å². The highest BCUT2D eigenvalue weighted by atomic mass is 35.5. The number of carbonyl (C=O) groups excluding carboxylic acids is 1. The van der Waals surface area contributed by atoms with E-state index in [2.05, 4.69) is 5.32 Å². The number of hydrogen-bond acceptors (Lipinski definition) is 9. The topological polar surface area (TPSA) is 172 Å². The average Bonchev–Trinajstić information content (AvgIpc) is 2.76. The normalized spacial score (nSPS) is 25.2. The number of ether oxygens (including phenoxy) is 2. The first-order valence-electron chi connectivity index (χ1n) is 9.14. The van der Waals surface area contributed by atoms with E-state index in [1.165, 1.54) is 24.3 Å². The van der Waals surface area contributed by atoms with Gasteiger partial charge in [0.15, 0.2) is 0 Å². The van der Waals surface area contributed by atoms with Crippen LogP contribution in [-0.2, 0) is 4.74 Å². The van der Waals surface area contributed by atoms with E-state index in [4.69, 9.17) is 32.7 Å². The van der Waals surface area contributed by atoms with Crippen LogP contribution in [0.2, 0.25) is 10.0 Å². The van der Waals surface area contributed by atoms with Gasteiger partial charge in [0, 0.05) is 17.2 Å². The molecule has 1 heterocycles. The summed E-state index contributed by atoms with van der Waals surface area (Å²) in [5.74, 6) is -0.850. The van der Waals surface area contributed by atoms with Gasteiger partial charge in [0.2, 0.25) is 6.29 Å². The van der Waals surface area contributed by atoms with Gasteiger partial charge in [-0.3, -0.25) is 14.9 Å². The Morgan fingerprint density at radius 3 is 2.47 bits per heavy atom. The minimum atomic E-state index is -1.69. The molecule has 2 aromatic rings. The smallest absolute Gasteiger partial charge is 0.271 e. The van der Waals surface area contributed by atoms with Crippen LogP contribution in [-0.4, -0.2) is 68.6 Å². The summed E-state index contributed by atoms with van der Waals surface area (Å²) < 4.78 is 10.8. The molecule has 1 amide bonds. The van der Waals surface area contributed by atoms with Crippen molar-refractivity contribution in [1.82, 2.24) is 0 Å². The lowest BCUT2D eigenvalue weighted by Gasteiger charge is -2.39. The number of rotatable bonds is 6. The molecule has 13 heteroatoms. The van der Waals surface area contributed by atoms with Crippen molar-refractivity contribution in [3.63, 3.8) is 0 Å². The van der Waals surface area contributed by atoms with Gasteiger partial charge in [-0.05, 0) is 24.3 Å². The fourth-order valence-corrected chi connectivity index (χ4v) is 3.38. The number of aliphatic hydroxyl groups is 4. The summed E-state index contributed by atoms with van der Waals surface area (Å²) in [5, 5.41) is 52.7. The SMILES string of the molecule is O=C(Nc1ccc([N+](=O)[O-])cc1Cl)c1cc(Cl)ccc1O[C@H]1O[C@H](CO)[C@H](O)[C@H](O)[C@H]1O. The van der Waals surface area contributed by atoms with Gasteiger partial charge in [-0.25, -0.2) is 0 Å². The predicted molar refractivity (Wildman–Crippen MR) is 112 cm³/mol. The molecule has 0 radical (unpaired) electrons. The molecule has 0 aromatic heterocycles. The Hall–Kier alpha value is -2.51. The number of carbonyl (C=O) groups is 1. The average molecular weight is 489 g/mol. The Morgan fingerprint density at radius 1 is 1.12 bits per heavy atom. The first-order valence-corrected chi connectivity index (χ1v) is 9.90. The molecule has 32 heavy (non-hydrogen) atoms. The Bertz CT molecular complexity index is 1020. The third-order valence-corrected chi connectivity index (χ3v) is 5.24. The first kappa shape index (κ1) is 24.1. The van der Waals surface area contributed by atoms with E-state index >= 15 is 0 Å². The van der Waals surface area contributed by atoms with Crippen LogP contribution in [0.3, 0.4) is 0 Å². The number of non-ortho nitro benzene ring substituents is 1. The summed E-state index contributed by atoms with van der Waals surface area (Å²) in [6.45, 7) is -0.655. The fourth-order valence-electron chi connectivity index (χ4n) is 2.98. The molecule has 1 saturated heterocycles. The molecule has 0 saturated carbocycles. The van der Waals surface area contributed by atoms with Crippen molar-refractivity contribution in [1.29, 1.82) is 0 Å². The van der Waals surface area contributed by atoms with Crippen LogP contribution in [0.5, 0.6) is 5.75 Å². The molecule has 1 aliphatic rings. The van der Waals surface area contributed by atoms with Crippen molar-refractivity contribution in [2.75, 3.05) is 11.9 Å². The summed E-state index contributed by atoms with van der Waals surface area (Å²) in [5.41, 5.74) is -0.285. The zero-order chi connectivity index (χ0) is 23.6. The van der Waals surface area contributed by atoms with E-state index in [1.807, 2.05) is 0 Å². The Labute approximate surface area is 190 Å². The van der Waals surface area contributed by atoms with Crippen molar-refractivity contribution < 1.29 is 39.6 Å². The van der Waals surface area contributed by atoms with E-state index in [9.17, 15) is 35.3 Å². The van der Waals surface area contributed by atoms with Gasteiger partial charge in [-0.15, -0.1) is 0 Å². The first-order chi connectivity index (χ1) is 15.1. The summed E-state index contributed by atoms with van der Waals surface area (Å²) in [4.78, 5) is 23.0. The van der Waals surface area contributed by atoms with Crippen LogP contribution in [0.4, 0.5) is 11.4 Å². The van der Waals surface area contributed by atoms with E-state index in [-0.39, 0.29) is 32.7 Å². The van der Waals surface area contributed by atoms with E-state index in [0.29, 0.717) is 0 Å². The second kappa shape index (κ2) is 9.96. The van der Waals surface area contributed by atoms with Crippen molar-refractivity contribution in [3.8, 4) is 5.75 Å². The Balaban J connectivity index is 1.85. The number of anilines is 1. The van der Waals surface area contributed by atoms with Crippen molar-refractivity contribution in [3.05, 3.63) is 62.1 Å². The standard InChI is InChI=1S/C19H18Cl2N2O9/c20-8-1-4-13(31-19-17(27)16(26)15(25)14(7-24)32-19)10(5-8)18(28)22-12-3-2-9(23(29)30)6-11(12)21/h1-6,14-17,19,24-27H,7H2,(H,22,28)/t14-,15+,16+,17-,19+/m1/s1. The second-order valence-electron chi connectivity index (χ2n) is 6.83. The molecule has 1 fully saturated rings. The highest BCUT2D eigenvalue weighted by Crippen LogP contribution is 2.31. The monoisotopic (exact) mass is 488 g/mol. The molecule has 172 valence electrons. The molecule has 0 unspecified atom stereocenters. The summed E-state index contributed by atoms with van der Waals surface area (Å²) >= 11 is 12.0. The lowest BCUT2D eigenvalue weighted by molar-refractivity contribution is -0.384. The van der Waals surface area contributed by atoms with Crippen molar-refractivity contribution in [2.24, 2.45) is 0 Å².